The number of para-hydroxylation sites is 1. The van der Waals surface area contributed by atoms with E-state index in [1.54, 1.807) is 18.2 Å². The van der Waals surface area contributed by atoms with E-state index < -0.39 is 17.5 Å². The average Bonchev–Trinajstić information content (AvgIpc) is 2.97. The number of rotatable bonds is 1. The number of nitrogens with zero attached hydrogens (tertiary/aromatic N) is 1. The van der Waals surface area contributed by atoms with Crippen molar-refractivity contribution in [3.63, 3.8) is 0 Å². The van der Waals surface area contributed by atoms with E-state index in [-0.39, 0.29) is 18.1 Å². The maximum Gasteiger partial charge on any atom is 0.322 e. The number of nitrogens with one attached hydrogen (secondary N) is 2. The molecule has 2 aliphatic rings. The van der Waals surface area contributed by atoms with Crippen molar-refractivity contribution in [3.8, 4) is 0 Å². The van der Waals surface area contributed by atoms with E-state index in [0.717, 1.165) is 0 Å². The largest absolute Gasteiger partial charge is 0.397 e. The molecule has 2 aliphatic heterocycles. The topological polar surface area (TPSA) is 105 Å². The van der Waals surface area contributed by atoms with Crippen LogP contribution in [0.5, 0.6) is 0 Å². The third-order valence-corrected chi connectivity index (χ3v) is 4.18. The summed E-state index contributed by atoms with van der Waals surface area (Å²) in [5, 5.41) is 5.09. The highest BCUT2D eigenvalue weighted by Crippen LogP contribution is 2.29. The monoisotopic (exact) mass is 308 g/mol. The molecule has 21 heavy (non-hydrogen) atoms. The highest BCUT2D eigenvalue weighted by atomic mass is 35.5. The van der Waals surface area contributed by atoms with Gasteiger partial charge < -0.3 is 16.0 Å². The summed E-state index contributed by atoms with van der Waals surface area (Å²) in [6, 6.07) is 4.30. The van der Waals surface area contributed by atoms with Crippen LogP contribution in [0, 0.1) is 0 Å². The van der Waals surface area contributed by atoms with Crippen molar-refractivity contribution in [1.82, 2.24) is 15.5 Å². The number of imide groups is 1. The zero-order valence-electron chi connectivity index (χ0n) is 11.0. The molecule has 110 valence electrons. The molecule has 1 unspecified atom stereocenters. The van der Waals surface area contributed by atoms with Crippen LogP contribution in [0.1, 0.15) is 16.8 Å². The van der Waals surface area contributed by atoms with Crippen LogP contribution in [-0.2, 0) is 4.79 Å². The molecule has 0 bridgehead atoms. The van der Waals surface area contributed by atoms with Gasteiger partial charge in [0, 0.05) is 6.54 Å². The van der Waals surface area contributed by atoms with Gasteiger partial charge in [-0.25, -0.2) is 4.79 Å². The van der Waals surface area contributed by atoms with E-state index in [1.807, 2.05) is 0 Å². The van der Waals surface area contributed by atoms with Crippen LogP contribution < -0.4 is 16.4 Å². The first kappa shape index (κ1) is 13.7. The maximum atomic E-state index is 12.5. The molecule has 0 saturated carbocycles. The number of nitrogen functional groups attached to an aromatic ring is 1. The molecule has 0 aliphatic carbocycles. The molecule has 1 atom stereocenters. The van der Waals surface area contributed by atoms with Gasteiger partial charge in [0.05, 0.1) is 22.8 Å². The lowest BCUT2D eigenvalue weighted by atomic mass is 9.99. The summed E-state index contributed by atoms with van der Waals surface area (Å²) in [5.41, 5.74) is 5.30. The molecule has 4 N–H and O–H groups in total. The van der Waals surface area contributed by atoms with E-state index in [4.69, 9.17) is 17.3 Å². The van der Waals surface area contributed by atoms with Crippen molar-refractivity contribution in [2.45, 2.75) is 12.0 Å². The quantitative estimate of drug-likeness (QED) is 0.514. The van der Waals surface area contributed by atoms with Crippen molar-refractivity contribution in [2.75, 3.05) is 18.8 Å². The molecule has 3 rings (SSSR count). The molecule has 2 heterocycles. The summed E-state index contributed by atoms with van der Waals surface area (Å²) >= 11 is 5.91. The van der Waals surface area contributed by atoms with Crippen LogP contribution in [0.4, 0.5) is 10.5 Å². The highest BCUT2D eigenvalue weighted by Gasteiger charge is 2.51. The molecule has 1 aromatic rings. The van der Waals surface area contributed by atoms with E-state index >= 15 is 0 Å². The molecule has 4 amide bonds. The number of anilines is 1. The minimum Gasteiger partial charge on any atom is -0.397 e. The van der Waals surface area contributed by atoms with Gasteiger partial charge in [0.15, 0.2) is 0 Å². The number of likely N-dealkylation sites (tertiary alicyclic amines) is 1. The first-order valence-electron chi connectivity index (χ1n) is 6.40. The normalized spacial score (nSPS) is 24.3. The first-order chi connectivity index (χ1) is 9.93. The Morgan fingerprint density at radius 3 is 2.81 bits per heavy atom. The van der Waals surface area contributed by atoms with Crippen molar-refractivity contribution in [3.05, 3.63) is 28.8 Å². The number of hydrogen-bond acceptors (Lipinski definition) is 4. The van der Waals surface area contributed by atoms with Crippen molar-refractivity contribution in [1.29, 1.82) is 0 Å². The summed E-state index contributed by atoms with van der Waals surface area (Å²) in [4.78, 5) is 37.1. The van der Waals surface area contributed by atoms with Gasteiger partial charge in [-0.05, 0) is 18.6 Å². The summed E-state index contributed by atoms with van der Waals surface area (Å²) in [6.45, 7) is 0.480. The highest BCUT2D eigenvalue weighted by molar-refractivity contribution is 6.34. The molecule has 1 aromatic carbocycles. The van der Waals surface area contributed by atoms with Gasteiger partial charge >= 0.3 is 6.03 Å². The number of carbonyl (C=O) groups is 3. The van der Waals surface area contributed by atoms with Gasteiger partial charge in [-0.3, -0.25) is 14.9 Å². The molecule has 2 saturated heterocycles. The Balaban J connectivity index is 1.83. The average molecular weight is 309 g/mol. The van der Waals surface area contributed by atoms with Crippen molar-refractivity contribution < 1.29 is 14.4 Å². The van der Waals surface area contributed by atoms with E-state index in [2.05, 4.69) is 10.6 Å². The standard InChI is InChI=1S/C13H13ClN4O3/c14-8-3-1-2-7(9(8)15)10(19)18-5-4-13(6-18)11(20)16-12(21)17-13/h1-3H,4-6,15H2,(H2,16,17,20,21). The van der Waals surface area contributed by atoms with Gasteiger partial charge in [-0.2, -0.15) is 0 Å². The summed E-state index contributed by atoms with van der Waals surface area (Å²) in [5.74, 6) is -0.706. The molecule has 7 nitrogen and oxygen atoms in total. The second kappa shape index (κ2) is 4.63. The Morgan fingerprint density at radius 2 is 2.14 bits per heavy atom. The van der Waals surface area contributed by atoms with Gasteiger partial charge in [-0.15, -0.1) is 0 Å². The smallest absolute Gasteiger partial charge is 0.322 e. The van der Waals surface area contributed by atoms with Crippen LogP contribution in [-0.4, -0.2) is 41.4 Å². The fourth-order valence-corrected chi connectivity index (χ4v) is 2.87. The molecule has 0 aromatic heterocycles. The Kier molecular flexibility index (Phi) is 3.02. The molecule has 0 radical (unpaired) electrons. The number of hydrogen-bond donors (Lipinski definition) is 3. The number of nitrogens with two attached hydrogens (primary N) is 1. The van der Waals surface area contributed by atoms with Crippen LogP contribution in [0.25, 0.3) is 0 Å². The third kappa shape index (κ3) is 2.09. The van der Waals surface area contributed by atoms with Crippen molar-refractivity contribution in [2.24, 2.45) is 0 Å². The second-order valence-electron chi connectivity index (χ2n) is 5.17. The van der Waals surface area contributed by atoms with Gasteiger partial charge in [0.1, 0.15) is 5.54 Å². The van der Waals surface area contributed by atoms with Crippen molar-refractivity contribution >= 4 is 35.1 Å². The Labute approximate surface area is 125 Å². The SMILES string of the molecule is Nc1c(Cl)cccc1C(=O)N1CCC2(C1)NC(=O)NC2=O. The molecule has 8 heteroatoms. The minimum absolute atomic E-state index is 0.120. The third-order valence-electron chi connectivity index (χ3n) is 3.85. The predicted octanol–water partition coefficient (Wildman–Crippen LogP) is 0.346. The molecular formula is C13H13ClN4O3. The van der Waals surface area contributed by atoms with Gasteiger partial charge in [-0.1, -0.05) is 17.7 Å². The van der Waals surface area contributed by atoms with E-state index in [0.29, 0.717) is 23.6 Å². The zero-order valence-corrected chi connectivity index (χ0v) is 11.7. The fourth-order valence-electron chi connectivity index (χ4n) is 2.69. The Hall–Kier alpha value is -2.28. The lowest BCUT2D eigenvalue weighted by Crippen LogP contribution is -2.49. The first-order valence-corrected chi connectivity index (χ1v) is 6.78. The number of halogens is 1. The Morgan fingerprint density at radius 1 is 1.38 bits per heavy atom. The Bertz CT molecular complexity index is 663. The summed E-state index contributed by atoms with van der Waals surface area (Å²) in [6.07, 6.45) is 0.372. The fraction of sp³-hybridized carbons (Fsp3) is 0.308. The van der Waals surface area contributed by atoms with E-state index in [9.17, 15) is 14.4 Å². The van der Waals surface area contributed by atoms with Gasteiger partial charge in [0.25, 0.3) is 11.8 Å². The van der Waals surface area contributed by atoms with Crippen LogP contribution >= 0.6 is 11.6 Å². The molecular weight excluding hydrogens is 296 g/mol. The predicted molar refractivity (Wildman–Crippen MR) is 75.8 cm³/mol. The molecule has 2 fully saturated rings. The summed E-state index contributed by atoms with van der Waals surface area (Å²) < 4.78 is 0. The number of amides is 4. The minimum atomic E-state index is -1.03. The number of carbonyl (C=O) groups excluding carboxylic acids is 3. The van der Waals surface area contributed by atoms with E-state index in [1.165, 1.54) is 4.90 Å². The lowest BCUT2D eigenvalue weighted by molar-refractivity contribution is -0.123. The lowest BCUT2D eigenvalue weighted by Gasteiger charge is -2.21. The van der Waals surface area contributed by atoms with Crippen LogP contribution in [0.3, 0.4) is 0 Å². The maximum absolute atomic E-state index is 12.5. The summed E-state index contributed by atoms with van der Waals surface area (Å²) in [7, 11) is 0. The zero-order chi connectivity index (χ0) is 15.2. The second-order valence-corrected chi connectivity index (χ2v) is 5.58. The van der Waals surface area contributed by atoms with Crippen LogP contribution in [0.2, 0.25) is 5.02 Å². The molecule has 1 spiro atoms. The van der Waals surface area contributed by atoms with Crippen LogP contribution in [0.15, 0.2) is 18.2 Å². The number of benzene rings is 1. The van der Waals surface area contributed by atoms with Gasteiger partial charge in [0.2, 0.25) is 0 Å². The number of urea groups is 1.